The Labute approximate surface area is 127 Å². The molecule has 0 spiro atoms. The lowest BCUT2D eigenvalue weighted by Gasteiger charge is -2.32. The van der Waals surface area contributed by atoms with E-state index in [4.69, 9.17) is 5.73 Å². The highest BCUT2D eigenvalue weighted by molar-refractivity contribution is 5.58. The minimum Gasteiger partial charge on any atom is -0.371 e. The summed E-state index contributed by atoms with van der Waals surface area (Å²) in [6.07, 6.45) is 3.92. The van der Waals surface area contributed by atoms with Crippen LogP contribution in [-0.2, 0) is 0 Å². The molecule has 0 aliphatic carbocycles. The highest BCUT2D eigenvalue weighted by Crippen LogP contribution is 2.31. The highest BCUT2D eigenvalue weighted by Gasteiger charge is 2.19. The number of benzene rings is 2. The predicted molar refractivity (Wildman–Crippen MR) is 89.7 cm³/mol. The maximum absolute atomic E-state index is 6.57. The molecule has 2 nitrogen and oxygen atoms in total. The first-order valence-electron chi connectivity index (χ1n) is 7.92. The minimum absolute atomic E-state index is 0.0528. The minimum atomic E-state index is -0.0528. The van der Waals surface area contributed by atoms with E-state index in [0.717, 1.165) is 13.1 Å². The van der Waals surface area contributed by atoms with E-state index >= 15 is 0 Å². The third-order valence-corrected chi connectivity index (χ3v) is 4.37. The second kappa shape index (κ2) is 6.31. The van der Waals surface area contributed by atoms with Crippen LogP contribution >= 0.6 is 0 Å². The Kier molecular flexibility index (Phi) is 4.26. The van der Waals surface area contributed by atoms with Crippen molar-refractivity contribution >= 4 is 5.69 Å². The molecule has 1 fully saturated rings. The van der Waals surface area contributed by atoms with Crippen LogP contribution in [0, 0.1) is 6.92 Å². The largest absolute Gasteiger partial charge is 0.371 e. The lowest BCUT2D eigenvalue weighted by Crippen LogP contribution is -2.31. The van der Waals surface area contributed by atoms with Crippen molar-refractivity contribution in [1.29, 1.82) is 0 Å². The second-order valence-corrected chi connectivity index (χ2v) is 6.00. The first-order valence-corrected chi connectivity index (χ1v) is 7.92. The van der Waals surface area contributed by atoms with Gasteiger partial charge in [-0.2, -0.15) is 0 Å². The number of hydrogen-bond donors (Lipinski definition) is 1. The Morgan fingerprint density at radius 1 is 0.952 bits per heavy atom. The van der Waals surface area contributed by atoms with Gasteiger partial charge in [0, 0.05) is 18.8 Å². The van der Waals surface area contributed by atoms with Crippen molar-refractivity contribution < 1.29 is 0 Å². The fourth-order valence-corrected chi connectivity index (χ4v) is 3.19. The first kappa shape index (κ1) is 14.2. The molecule has 21 heavy (non-hydrogen) atoms. The molecule has 0 bridgehead atoms. The molecule has 1 saturated heterocycles. The number of nitrogens with zero attached hydrogens (tertiary/aromatic N) is 1. The van der Waals surface area contributed by atoms with Gasteiger partial charge < -0.3 is 10.6 Å². The topological polar surface area (TPSA) is 29.3 Å². The van der Waals surface area contributed by atoms with Crippen molar-refractivity contribution in [3.05, 3.63) is 65.2 Å². The third kappa shape index (κ3) is 3.11. The fraction of sp³-hybridized carbons (Fsp3) is 0.368. The summed E-state index contributed by atoms with van der Waals surface area (Å²) in [7, 11) is 0. The Bertz CT molecular complexity index is 586. The van der Waals surface area contributed by atoms with E-state index in [-0.39, 0.29) is 6.04 Å². The van der Waals surface area contributed by atoms with Gasteiger partial charge in [0.25, 0.3) is 0 Å². The van der Waals surface area contributed by atoms with Gasteiger partial charge in [0.1, 0.15) is 0 Å². The van der Waals surface area contributed by atoms with Gasteiger partial charge in [-0.3, -0.25) is 0 Å². The van der Waals surface area contributed by atoms with E-state index in [1.807, 2.05) is 6.07 Å². The lowest BCUT2D eigenvalue weighted by atomic mass is 9.95. The molecule has 2 aromatic rings. The Morgan fingerprint density at radius 3 is 2.38 bits per heavy atom. The van der Waals surface area contributed by atoms with Crippen molar-refractivity contribution in [3.63, 3.8) is 0 Å². The summed E-state index contributed by atoms with van der Waals surface area (Å²) in [5.74, 6) is 0. The van der Waals surface area contributed by atoms with Crippen LogP contribution in [-0.4, -0.2) is 13.1 Å². The lowest BCUT2D eigenvalue weighted by molar-refractivity contribution is 0.575. The highest BCUT2D eigenvalue weighted by atomic mass is 15.1. The maximum atomic E-state index is 6.57. The smallest absolute Gasteiger partial charge is 0.0572 e. The van der Waals surface area contributed by atoms with Gasteiger partial charge >= 0.3 is 0 Å². The van der Waals surface area contributed by atoms with Crippen LogP contribution in [0.2, 0.25) is 0 Å². The zero-order valence-corrected chi connectivity index (χ0v) is 12.8. The molecule has 0 amide bonds. The number of piperidine rings is 1. The van der Waals surface area contributed by atoms with Crippen LogP contribution in [0.15, 0.2) is 48.5 Å². The molecule has 1 aliphatic heterocycles. The SMILES string of the molecule is Cc1ccc(N2CCCCC2)c(C(N)c2ccccc2)c1. The van der Waals surface area contributed by atoms with Gasteiger partial charge in [-0.05, 0) is 43.4 Å². The summed E-state index contributed by atoms with van der Waals surface area (Å²) in [5.41, 5.74) is 11.6. The van der Waals surface area contributed by atoms with Crippen LogP contribution in [0.5, 0.6) is 0 Å². The quantitative estimate of drug-likeness (QED) is 0.919. The van der Waals surface area contributed by atoms with Crippen LogP contribution < -0.4 is 10.6 Å². The molecule has 1 heterocycles. The first-order chi connectivity index (χ1) is 10.3. The summed E-state index contributed by atoms with van der Waals surface area (Å²) < 4.78 is 0. The molecule has 0 saturated carbocycles. The molecule has 2 heteroatoms. The summed E-state index contributed by atoms with van der Waals surface area (Å²) in [4.78, 5) is 2.50. The van der Waals surface area contributed by atoms with Crippen LogP contribution in [0.25, 0.3) is 0 Å². The maximum Gasteiger partial charge on any atom is 0.0572 e. The molecule has 110 valence electrons. The second-order valence-electron chi connectivity index (χ2n) is 6.00. The van der Waals surface area contributed by atoms with Gasteiger partial charge in [-0.25, -0.2) is 0 Å². The molecule has 2 aromatic carbocycles. The molecule has 0 radical (unpaired) electrons. The number of hydrogen-bond acceptors (Lipinski definition) is 2. The van der Waals surface area contributed by atoms with Crippen molar-refractivity contribution in [2.75, 3.05) is 18.0 Å². The number of rotatable bonds is 3. The molecule has 0 aromatic heterocycles. The van der Waals surface area contributed by atoms with Crippen LogP contribution in [0.3, 0.4) is 0 Å². The van der Waals surface area contributed by atoms with E-state index in [2.05, 4.69) is 54.3 Å². The van der Waals surface area contributed by atoms with E-state index in [9.17, 15) is 0 Å². The number of anilines is 1. The van der Waals surface area contributed by atoms with Crippen molar-refractivity contribution in [3.8, 4) is 0 Å². The van der Waals surface area contributed by atoms with Gasteiger partial charge in [0.05, 0.1) is 6.04 Å². The number of aryl methyl sites for hydroxylation is 1. The van der Waals surface area contributed by atoms with Gasteiger partial charge in [0.15, 0.2) is 0 Å². The Morgan fingerprint density at radius 2 is 1.67 bits per heavy atom. The molecule has 3 rings (SSSR count). The summed E-state index contributed by atoms with van der Waals surface area (Å²) in [6.45, 7) is 4.44. The molecule has 1 unspecified atom stereocenters. The van der Waals surface area contributed by atoms with Crippen LogP contribution in [0.1, 0.15) is 42.0 Å². The van der Waals surface area contributed by atoms with E-state index in [0.29, 0.717) is 0 Å². The fourth-order valence-electron chi connectivity index (χ4n) is 3.19. The number of nitrogens with two attached hydrogens (primary N) is 1. The Balaban J connectivity index is 1.98. The summed E-state index contributed by atoms with van der Waals surface area (Å²) in [6, 6.07) is 17.0. The van der Waals surface area contributed by atoms with E-state index < -0.39 is 0 Å². The summed E-state index contributed by atoms with van der Waals surface area (Å²) in [5, 5.41) is 0. The standard InChI is InChI=1S/C19H24N2/c1-15-10-11-18(21-12-6-3-7-13-21)17(14-15)19(20)16-8-4-2-5-9-16/h2,4-5,8-11,14,19H,3,6-7,12-13,20H2,1H3. The van der Waals surface area contributed by atoms with Gasteiger partial charge in [0.2, 0.25) is 0 Å². The normalized spacial score (nSPS) is 16.8. The van der Waals surface area contributed by atoms with Crippen molar-refractivity contribution in [1.82, 2.24) is 0 Å². The van der Waals surface area contributed by atoms with Gasteiger partial charge in [-0.1, -0.05) is 48.0 Å². The molecule has 1 atom stereocenters. The van der Waals surface area contributed by atoms with Gasteiger partial charge in [-0.15, -0.1) is 0 Å². The monoisotopic (exact) mass is 280 g/mol. The molecule has 2 N–H and O–H groups in total. The van der Waals surface area contributed by atoms with Crippen molar-refractivity contribution in [2.24, 2.45) is 5.73 Å². The Hall–Kier alpha value is -1.80. The molecular weight excluding hydrogens is 256 g/mol. The zero-order chi connectivity index (χ0) is 14.7. The van der Waals surface area contributed by atoms with Crippen LogP contribution in [0.4, 0.5) is 5.69 Å². The van der Waals surface area contributed by atoms with Crippen molar-refractivity contribution in [2.45, 2.75) is 32.2 Å². The molecule has 1 aliphatic rings. The third-order valence-electron chi connectivity index (χ3n) is 4.37. The predicted octanol–water partition coefficient (Wildman–Crippen LogP) is 4.03. The molecular formula is C19H24N2. The average molecular weight is 280 g/mol. The summed E-state index contributed by atoms with van der Waals surface area (Å²) >= 11 is 0. The van der Waals surface area contributed by atoms with E-state index in [1.165, 1.54) is 41.6 Å². The zero-order valence-electron chi connectivity index (χ0n) is 12.8. The van der Waals surface area contributed by atoms with E-state index in [1.54, 1.807) is 0 Å². The average Bonchev–Trinajstić information content (AvgIpc) is 2.56.